The Balaban J connectivity index is 1.32. The van der Waals surface area contributed by atoms with Crippen molar-refractivity contribution in [1.29, 1.82) is 0 Å². The molecule has 1 atom stereocenters. The molecule has 1 N–H and O–H groups in total. The monoisotopic (exact) mass is 336 g/mol. The zero-order valence-corrected chi connectivity index (χ0v) is 13.9. The van der Waals surface area contributed by atoms with Crippen molar-refractivity contribution in [1.82, 2.24) is 20.2 Å². The van der Waals surface area contributed by atoms with E-state index in [2.05, 4.69) is 15.3 Å². The molecule has 1 aromatic carbocycles. The first-order chi connectivity index (χ1) is 12.2. The van der Waals surface area contributed by atoms with Gasteiger partial charge >= 0.3 is 0 Å². The lowest BCUT2D eigenvalue weighted by Gasteiger charge is -2.32. The summed E-state index contributed by atoms with van der Waals surface area (Å²) in [6, 6.07) is 9.52. The van der Waals surface area contributed by atoms with Crippen LogP contribution in [0.5, 0.6) is 0 Å². The molecule has 4 rings (SSSR count). The van der Waals surface area contributed by atoms with Crippen LogP contribution in [0.4, 0.5) is 0 Å². The van der Waals surface area contributed by atoms with Gasteiger partial charge in [-0.3, -0.25) is 9.59 Å². The molecular formula is C19H20N4O2. The van der Waals surface area contributed by atoms with Crippen LogP contribution in [-0.4, -0.2) is 45.8 Å². The maximum Gasteiger partial charge on any atom is 0.256 e. The maximum absolute atomic E-state index is 12.5. The van der Waals surface area contributed by atoms with E-state index >= 15 is 0 Å². The highest BCUT2D eigenvalue weighted by Crippen LogP contribution is 2.54. The number of hydrogen-bond acceptors (Lipinski definition) is 4. The third kappa shape index (κ3) is 3.12. The van der Waals surface area contributed by atoms with Gasteiger partial charge in [-0.05, 0) is 36.8 Å². The van der Waals surface area contributed by atoms with Gasteiger partial charge in [-0.25, -0.2) is 9.97 Å². The molecule has 1 saturated heterocycles. The summed E-state index contributed by atoms with van der Waals surface area (Å²) < 4.78 is 0. The molecule has 1 aliphatic carbocycles. The first-order valence-corrected chi connectivity index (χ1v) is 8.58. The molecule has 1 aliphatic heterocycles. The van der Waals surface area contributed by atoms with Gasteiger partial charge in [-0.1, -0.05) is 18.2 Å². The summed E-state index contributed by atoms with van der Waals surface area (Å²) in [6.45, 7) is 1.43. The van der Waals surface area contributed by atoms with Crippen molar-refractivity contribution in [3.05, 3.63) is 60.2 Å². The first kappa shape index (κ1) is 15.7. The number of hydrogen-bond donors (Lipinski definition) is 1. The van der Waals surface area contributed by atoms with Crippen LogP contribution >= 0.6 is 0 Å². The van der Waals surface area contributed by atoms with Crippen LogP contribution < -0.4 is 5.32 Å². The zero-order chi connectivity index (χ0) is 17.3. The van der Waals surface area contributed by atoms with E-state index < -0.39 is 0 Å². The van der Waals surface area contributed by atoms with E-state index in [4.69, 9.17) is 0 Å². The quantitative estimate of drug-likeness (QED) is 0.929. The lowest BCUT2D eigenvalue weighted by Crippen LogP contribution is -2.41. The molecular weight excluding hydrogens is 316 g/mol. The first-order valence-electron chi connectivity index (χ1n) is 8.58. The number of carbonyl (C=O) groups is 2. The molecule has 1 unspecified atom stereocenters. The van der Waals surface area contributed by atoms with Gasteiger partial charge in [0.2, 0.25) is 0 Å². The standard InChI is InChI=1S/C19H20N4O2/c24-17(14-4-2-1-3-5-14)22-16-10-19(16)6-8-23(9-7-19)18(25)15-11-20-13-21-12-15/h1-5,11-13,16H,6-10H2,(H,22,24). The van der Waals surface area contributed by atoms with E-state index in [1.807, 2.05) is 35.2 Å². The van der Waals surface area contributed by atoms with Crippen LogP contribution in [0.1, 0.15) is 40.0 Å². The normalized spacial score (nSPS) is 21.0. The second kappa shape index (κ2) is 6.27. The second-order valence-electron chi connectivity index (χ2n) is 6.88. The molecule has 2 heterocycles. The Morgan fingerprint density at radius 3 is 2.40 bits per heavy atom. The van der Waals surface area contributed by atoms with Gasteiger partial charge in [0, 0.05) is 37.1 Å². The molecule has 6 nitrogen and oxygen atoms in total. The lowest BCUT2D eigenvalue weighted by molar-refractivity contribution is 0.0667. The Hall–Kier alpha value is -2.76. The van der Waals surface area contributed by atoms with Crippen LogP contribution in [0.3, 0.4) is 0 Å². The highest BCUT2D eigenvalue weighted by atomic mass is 16.2. The number of rotatable bonds is 3. The number of carbonyl (C=O) groups excluding carboxylic acids is 2. The number of nitrogens with one attached hydrogen (secondary N) is 1. The number of benzene rings is 1. The minimum Gasteiger partial charge on any atom is -0.349 e. The molecule has 128 valence electrons. The van der Waals surface area contributed by atoms with Crippen LogP contribution in [0.25, 0.3) is 0 Å². The molecule has 1 spiro atoms. The molecule has 6 heteroatoms. The summed E-state index contributed by atoms with van der Waals surface area (Å²) in [6.07, 6.45) is 7.38. The number of piperidine rings is 1. The van der Waals surface area contributed by atoms with Crippen LogP contribution in [0, 0.1) is 5.41 Å². The average Bonchev–Trinajstić information content (AvgIpc) is 3.34. The molecule has 0 radical (unpaired) electrons. The molecule has 1 saturated carbocycles. The number of aromatic nitrogens is 2. The third-order valence-corrected chi connectivity index (χ3v) is 5.38. The largest absolute Gasteiger partial charge is 0.349 e. The average molecular weight is 336 g/mol. The van der Waals surface area contributed by atoms with Crippen LogP contribution in [0.15, 0.2) is 49.1 Å². The minimum atomic E-state index is -0.0130. The van der Waals surface area contributed by atoms with E-state index in [0.29, 0.717) is 24.2 Å². The highest BCUT2D eigenvalue weighted by molar-refractivity contribution is 5.95. The molecule has 2 aliphatic rings. The number of amides is 2. The van der Waals surface area contributed by atoms with Crippen molar-refractivity contribution in [2.45, 2.75) is 25.3 Å². The third-order valence-electron chi connectivity index (χ3n) is 5.38. The van der Waals surface area contributed by atoms with Gasteiger partial charge in [-0.15, -0.1) is 0 Å². The molecule has 1 aromatic heterocycles. The number of likely N-dealkylation sites (tertiary alicyclic amines) is 1. The molecule has 0 bridgehead atoms. The van der Waals surface area contributed by atoms with Crippen LogP contribution in [-0.2, 0) is 0 Å². The Labute approximate surface area is 146 Å². The van der Waals surface area contributed by atoms with Gasteiger partial charge in [-0.2, -0.15) is 0 Å². The second-order valence-corrected chi connectivity index (χ2v) is 6.88. The van der Waals surface area contributed by atoms with E-state index in [-0.39, 0.29) is 23.3 Å². The van der Waals surface area contributed by atoms with Crippen LogP contribution in [0.2, 0.25) is 0 Å². The van der Waals surface area contributed by atoms with Crippen molar-refractivity contribution < 1.29 is 9.59 Å². The summed E-state index contributed by atoms with van der Waals surface area (Å²) >= 11 is 0. The van der Waals surface area contributed by atoms with E-state index in [1.165, 1.54) is 6.33 Å². The van der Waals surface area contributed by atoms with Gasteiger partial charge in [0.1, 0.15) is 6.33 Å². The van der Waals surface area contributed by atoms with Crippen molar-refractivity contribution in [2.24, 2.45) is 5.41 Å². The predicted molar refractivity (Wildman–Crippen MR) is 91.9 cm³/mol. The number of nitrogens with zero attached hydrogens (tertiary/aromatic N) is 3. The molecule has 2 fully saturated rings. The zero-order valence-electron chi connectivity index (χ0n) is 13.9. The van der Waals surface area contributed by atoms with E-state index in [9.17, 15) is 9.59 Å². The van der Waals surface area contributed by atoms with Crippen molar-refractivity contribution in [2.75, 3.05) is 13.1 Å². The van der Waals surface area contributed by atoms with Gasteiger partial charge < -0.3 is 10.2 Å². The summed E-state index contributed by atoms with van der Waals surface area (Å²) in [5, 5.41) is 3.14. The van der Waals surface area contributed by atoms with Gasteiger partial charge in [0.15, 0.2) is 0 Å². The molecule has 2 amide bonds. The smallest absolute Gasteiger partial charge is 0.256 e. The van der Waals surface area contributed by atoms with Crippen molar-refractivity contribution in [3.8, 4) is 0 Å². The minimum absolute atomic E-state index is 0.0117. The highest BCUT2D eigenvalue weighted by Gasteiger charge is 2.55. The maximum atomic E-state index is 12.5. The van der Waals surface area contributed by atoms with Gasteiger partial charge in [0.25, 0.3) is 11.8 Å². The van der Waals surface area contributed by atoms with Crippen molar-refractivity contribution in [3.63, 3.8) is 0 Å². The summed E-state index contributed by atoms with van der Waals surface area (Å²) in [5.41, 5.74) is 1.39. The fourth-order valence-electron chi connectivity index (χ4n) is 3.68. The Bertz CT molecular complexity index is 771. The van der Waals surface area contributed by atoms with E-state index in [1.54, 1.807) is 12.4 Å². The lowest BCUT2D eigenvalue weighted by atomic mass is 9.92. The predicted octanol–water partition coefficient (Wildman–Crippen LogP) is 1.90. The summed E-state index contributed by atoms with van der Waals surface area (Å²) in [5.74, 6) is -0.0246. The fourth-order valence-corrected chi connectivity index (χ4v) is 3.68. The SMILES string of the molecule is O=C(NC1CC12CCN(C(=O)c1cncnc1)CC2)c1ccccc1. The molecule has 2 aromatic rings. The van der Waals surface area contributed by atoms with E-state index in [0.717, 1.165) is 19.3 Å². The summed E-state index contributed by atoms with van der Waals surface area (Å²) in [4.78, 5) is 34.4. The Morgan fingerprint density at radius 1 is 1.04 bits per heavy atom. The fraction of sp³-hybridized carbons (Fsp3) is 0.368. The summed E-state index contributed by atoms with van der Waals surface area (Å²) in [7, 11) is 0. The Morgan fingerprint density at radius 2 is 1.72 bits per heavy atom. The van der Waals surface area contributed by atoms with Gasteiger partial charge in [0.05, 0.1) is 5.56 Å². The van der Waals surface area contributed by atoms with Crippen molar-refractivity contribution >= 4 is 11.8 Å². The topological polar surface area (TPSA) is 75.2 Å². The molecule has 25 heavy (non-hydrogen) atoms. The Kier molecular flexibility index (Phi) is 3.95.